The van der Waals surface area contributed by atoms with Gasteiger partial charge in [0.25, 0.3) is 5.91 Å². The highest BCUT2D eigenvalue weighted by molar-refractivity contribution is 5.93. The number of hydroxylamine groups is 2. The number of amides is 2. The summed E-state index contributed by atoms with van der Waals surface area (Å²) < 4.78 is 35.3. The number of Topliss-reactive ketones (excluding diaryl/α,β-unsaturated/α-hetero) is 1. The molecule has 2 heterocycles. The lowest BCUT2D eigenvalue weighted by Crippen LogP contribution is -2.35. The Hall–Kier alpha value is -4.15. The van der Waals surface area contributed by atoms with Gasteiger partial charge in [-0.3, -0.25) is 14.5 Å². The fraction of sp³-hybridized carbons (Fsp3) is 0.360. The van der Waals surface area contributed by atoms with Crippen molar-refractivity contribution >= 4 is 35.3 Å². The summed E-state index contributed by atoms with van der Waals surface area (Å²) in [4.78, 5) is 60.4. The third kappa shape index (κ3) is 6.96. The van der Waals surface area contributed by atoms with Crippen LogP contribution in [0.4, 0.5) is 25.0 Å². The van der Waals surface area contributed by atoms with E-state index in [-0.39, 0.29) is 68.4 Å². The molecule has 0 spiro atoms. The van der Waals surface area contributed by atoms with Crippen LogP contribution in [0, 0.1) is 11.6 Å². The lowest BCUT2D eigenvalue weighted by atomic mass is 10.1. The van der Waals surface area contributed by atoms with Crippen LogP contribution < -0.4 is 9.80 Å². The van der Waals surface area contributed by atoms with E-state index in [4.69, 9.17) is 19.2 Å². The molecule has 2 aliphatic rings. The third-order valence-electron chi connectivity index (χ3n) is 5.75. The molecule has 2 fully saturated rings. The van der Waals surface area contributed by atoms with Gasteiger partial charge >= 0.3 is 12.2 Å². The highest BCUT2D eigenvalue weighted by Gasteiger charge is 2.34. The smallest absolute Gasteiger partial charge is 0.414 e. The fourth-order valence-corrected chi connectivity index (χ4v) is 4.01. The molecule has 196 valence electrons. The maximum absolute atomic E-state index is 15.1. The molecular formula is C25H25F2N3O7. The molecule has 0 N–H and O–H groups in total. The number of benzene rings is 2. The van der Waals surface area contributed by atoms with Gasteiger partial charge in [0.1, 0.15) is 17.6 Å². The number of carbonyl (C=O) groups is 3. The highest BCUT2D eigenvalue weighted by Crippen LogP contribution is 2.32. The Labute approximate surface area is 211 Å². The Morgan fingerprint density at radius 1 is 1.05 bits per heavy atom. The molecule has 2 aromatic rings. The number of cyclic esters (lactones) is 1. The van der Waals surface area contributed by atoms with E-state index < -0.39 is 23.8 Å². The van der Waals surface area contributed by atoms with Gasteiger partial charge in [-0.1, -0.05) is 18.2 Å². The van der Waals surface area contributed by atoms with Crippen molar-refractivity contribution in [3.8, 4) is 0 Å². The van der Waals surface area contributed by atoms with Crippen molar-refractivity contribution in [2.75, 3.05) is 42.6 Å². The van der Waals surface area contributed by atoms with Crippen molar-refractivity contribution < 1.29 is 42.3 Å². The maximum atomic E-state index is 15.1. The van der Waals surface area contributed by atoms with E-state index in [1.807, 2.05) is 0 Å². The molecule has 2 aliphatic heterocycles. The minimum Gasteiger partial charge on any atom is -0.444 e. The molecule has 2 amide bonds. The lowest BCUT2D eigenvalue weighted by Gasteiger charge is -2.24. The predicted octanol–water partition coefficient (Wildman–Crippen LogP) is 2.97. The van der Waals surface area contributed by atoms with Crippen molar-refractivity contribution in [3.05, 3.63) is 59.7 Å². The summed E-state index contributed by atoms with van der Waals surface area (Å²) in [5.41, 5.74) is 0.250. The summed E-state index contributed by atoms with van der Waals surface area (Å²) >= 11 is 0. The monoisotopic (exact) mass is 517 g/mol. The van der Waals surface area contributed by atoms with Crippen molar-refractivity contribution in [1.82, 2.24) is 5.06 Å². The predicted molar refractivity (Wildman–Crippen MR) is 125 cm³/mol. The third-order valence-corrected chi connectivity index (χ3v) is 5.75. The van der Waals surface area contributed by atoms with Gasteiger partial charge in [-0.15, -0.1) is 0 Å². The summed E-state index contributed by atoms with van der Waals surface area (Å²) in [5, 5.41) is 1.20. The zero-order valence-electron chi connectivity index (χ0n) is 20.0. The topological polar surface area (TPSA) is 114 Å². The summed E-state index contributed by atoms with van der Waals surface area (Å²) in [6.07, 6.45) is -0.364. The van der Waals surface area contributed by atoms with Gasteiger partial charge in [-0.25, -0.2) is 18.6 Å². The Bertz CT molecular complexity index is 1150. The minimum absolute atomic E-state index is 0.0265. The lowest BCUT2D eigenvalue weighted by molar-refractivity contribution is -0.191. The van der Waals surface area contributed by atoms with Crippen LogP contribution >= 0.6 is 0 Å². The second-order valence-electron chi connectivity index (χ2n) is 8.29. The van der Waals surface area contributed by atoms with Gasteiger partial charge in [0.15, 0.2) is 11.6 Å². The van der Waals surface area contributed by atoms with Crippen molar-refractivity contribution in [2.24, 2.45) is 0 Å². The van der Waals surface area contributed by atoms with E-state index in [1.165, 1.54) is 16.9 Å². The fourth-order valence-electron chi connectivity index (χ4n) is 4.01. The van der Waals surface area contributed by atoms with Gasteiger partial charge in [0, 0.05) is 37.2 Å². The number of ether oxygens (including phenoxy) is 1. The number of hydrogen-bond acceptors (Lipinski definition) is 8. The average molecular weight is 517 g/mol. The van der Waals surface area contributed by atoms with E-state index in [0.29, 0.717) is 12.0 Å². The quantitative estimate of drug-likeness (QED) is 0.575. The normalized spacial score (nSPS) is 17.3. The van der Waals surface area contributed by atoms with Crippen molar-refractivity contribution in [3.63, 3.8) is 0 Å². The average Bonchev–Trinajstić information content (AvgIpc) is 3.07. The molecular weight excluding hydrogens is 492 g/mol. The van der Waals surface area contributed by atoms with E-state index in [0.717, 1.165) is 17.0 Å². The molecule has 12 heteroatoms. The molecule has 37 heavy (non-hydrogen) atoms. The van der Waals surface area contributed by atoms with E-state index in [2.05, 4.69) is 0 Å². The van der Waals surface area contributed by atoms with Crippen LogP contribution in [0.2, 0.25) is 0 Å². The standard InChI is InChI=1S/C24H25F2N3O5.CO2/c1-16(30)7-8-19-15-28(24(32)34-19)18-13-20(25)22(21(26)14-18)27-9-10-29(33-12-11-27)23(31)17-5-3-2-4-6-17;2-1-3/h2-6,13-14,19H,7-12,15H2,1H3;/t19-;/m0./s1. The number of carbonyl (C=O) groups excluding carboxylic acids is 5. The van der Waals surface area contributed by atoms with E-state index >= 15 is 8.78 Å². The zero-order chi connectivity index (χ0) is 26.9. The molecule has 1 atom stereocenters. The molecule has 2 saturated heterocycles. The zero-order valence-corrected chi connectivity index (χ0v) is 20.0. The molecule has 10 nitrogen and oxygen atoms in total. The highest BCUT2D eigenvalue weighted by atomic mass is 19.1. The largest absolute Gasteiger partial charge is 0.444 e. The maximum Gasteiger partial charge on any atom is 0.414 e. The van der Waals surface area contributed by atoms with Gasteiger partial charge in [0.2, 0.25) is 0 Å². The molecule has 0 aromatic heterocycles. The summed E-state index contributed by atoms with van der Waals surface area (Å²) in [5.74, 6) is -2.03. The van der Waals surface area contributed by atoms with Crippen LogP contribution in [0.3, 0.4) is 0 Å². The van der Waals surface area contributed by atoms with Crippen LogP contribution in [-0.2, 0) is 24.0 Å². The Kier molecular flexibility index (Phi) is 9.42. The van der Waals surface area contributed by atoms with Crippen LogP contribution in [0.15, 0.2) is 42.5 Å². The minimum atomic E-state index is -0.835. The summed E-state index contributed by atoms with van der Waals surface area (Å²) in [6, 6.07) is 10.8. The summed E-state index contributed by atoms with van der Waals surface area (Å²) in [6.45, 7) is 2.07. The molecule has 4 rings (SSSR count). The van der Waals surface area contributed by atoms with Gasteiger partial charge in [-0.05, 0) is 25.5 Å². The van der Waals surface area contributed by atoms with E-state index in [1.54, 1.807) is 30.3 Å². The van der Waals surface area contributed by atoms with Gasteiger partial charge < -0.3 is 14.4 Å². The van der Waals surface area contributed by atoms with Crippen molar-refractivity contribution in [1.29, 1.82) is 0 Å². The Morgan fingerprint density at radius 3 is 2.32 bits per heavy atom. The SMILES string of the molecule is CC(=O)CC[C@H]1CN(c2cc(F)c(N3CCON(C(=O)c4ccccc4)CC3)c(F)c2)C(=O)O1.O=C=O. The first-order valence-corrected chi connectivity index (χ1v) is 11.5. The molecule has 0 aliphatic carbocycles. The molecule has 0 bridgehead atoms. The van der Waals surface area contributed by atoms with Gasteiger partial charge in [-0.2, -0.15) is 9.59 Å². The number of hydrogen-bond donors (Lipinski definition) is 0. The van der Waals surface area contributed by atoms with Gasteiger partial charge in [0.05, 0.1) is 25.4 Å². The number of anilines is 2. The molecule has 0 unspecified atom stereocenters. The first-order valence-electron chi connectivity index (χ1n) is 11.5. The second-order valence-corrected chi connectivity index (χ2v) is 8.29. The first kappa shape index (κ1) is 27.4. The Morgan fingerprint density at radius 2 is 1.70 bits per heavy atom. The van der Waals surface area contributed by atoms with Crippen LogP contribution in [0.25, 0.3) is 0 Å². The van der Waals surface area contributed by atoms with Crippen LogP contribution in [0.1, 0.15) is 30.1 Å². The van der Waals surface area contributed by atoms with E-state index in [9.17, 15) is 14.4 Å². The first-order chi connectivity index (χ1) is 17.7. The summed E-state index contributed by atoms with van der Waals surface area (Å²) in [7, 11) is 0. The van der Waals surface area contributed by atoms with Crippen LogP contribution in [-0.4, -0.2) is 67.9 Å². The number of rotatable bonds is 6. The second kappa shape index (κ2) is 12.7. The van der Waals surface area contributed by atoms with Crippen LogP contribution in [0.5, 0.6) is 0 Å². The molecule has 0 saturated carbocycles. The number of nitrogens with zero attached hydrogens (tertiary/aromatic N) is 3. The number of halogens is 2. The number of ketones is 1. The molecule has 2 aromatic carbocycles. The molecule has 0 radical (unpaired) electrons. The Balaban J connectivity index is 0.00000121. The van der Waals surface area contributed by atoms with Crippen molar-refractivity contribution in [2.45, 2.75) is 25.9 Å².